The molecule has 0 saturated carbocycles. The zero-order valence-corrected chi connectivity index (χ0v) is 19.0. The molecule has 0 radical (unpaired) electrons. The van der Waals surface area contributed by atoms with Gasteiger partial charge < -0.3 is 10.1 Å². The van der Waals surface area contributed by atoms with Gasteiger partial charge in [-0.05, 0) is 53.2 Å². The van der Waals surface area contributed by atoms with Crippen LogP contribution >= 0.6 is 0 Å². The fraction of sp³-hybridized carbons (Fsp3) is 0.417. The minimum absolute atomic E-state index is 0.0240. The van der Waals surface area contributed by atoms with E-state index >= 15 is 0 Å². The summed E-state index contributed by atoms with van der Waals surface area (Å²) in [6.07, 6.45) is 1.02. The first kappa shape index (κ1) is 21.0. The maximum Gasteiger partial charge on any atom is 0.251 e. The van der Waals surface area contributed by atoms with Crippen LogP contribution in [0, 0.1) is 41.5 Å². The maximum absolute atomic E-state index is 13.0. The minimum Gasteiger partial charge on any atom is -0.493 e. The number of aromatic nitrogens is 4. The normalized spacial score (nSPS) is 15.4. The van der Waals surface area contributed by atoms with Crippen molar-refractivity contribution < 1.29 is 9.53 Å². The summed E-state index contributed by atoms with van der Waals surface area (Å²) in [4.78, 5) is 22.0. The summed E-state index contributed by atoms with van der Waals surface area (Å²) < 4.78 is 7.60. The predicted molar refractivity (Wildman–Crippen MR) is 119 cm³/mol. The van der Waals surface area contributed by atoms with Crippen LogP contribution in [-0.2, 0) is 11.2 Å². The first-order valence-electron chi connectivity index (χ1n) is 10.6. The molecule has 4 rings (SSSR count). The van der Waals surface area contributed by atoms with Gasteiger partial charge in [0.1, 0.15) is 5.75 Å². The van der Waals surface area contributed by atoms with Crippen molar-refractivity contribution in [2.24, 2.45) is 0 Å². The zero-order valence-electron chi connectivity index (χ0n) is 19.0. The van der Waals surface area contributed by atoms with Crippen molar-refractivity contribution in [2.75, 3.05) is 6.61 Å². The summed E-state index contributed by atoms with van der Waals surface area (Å²) >= 11 is 0. The number of benzene rings is 1. The number of hydrogen-bond acceptors (Lipinski definition) is 5. The van der Waals surface area contributed by atoms with Crippen molar-refractivity contribution in [3.05, 3.63) is 63.2 Å². The van der Waals surface area contributed by atoms with E-state index in [4.69, 9.17) is 4.74 Å². The van der Waals surface area contributed by atoms with Crippen LogP contribution in [-0.4, -0.2) is 32.3 Å². The average Bonchev–Trinajstić information content (AvgIpc) is 2.96. The van der Waals surface area contributed by atoms with E-state index < -0.39 is 0 Å². The van der Waals surface area contributed by atoms with Gasteiger partial charge in [-0.1, -0.05) is 17.7 Å². The molecule has 7 heteroatoms. The van der Waals surface area contributed by atoms with E-state index in [1.54, 1.807) is 4.68 Å². The Balaban J connectivity index is 1.56. The van der Waals surface area contributed by atoms with Crippen molar-refractivity contribution >= 4 is 5.91 Å². The molecule has 31 heavy (non-hydrogen) atoms. The number of amides is 1. The smallest absolute Gasteiger partial charge is 0.251 e. The molecule has 1 aromatic carbocycles. The van der Waals surface area contributed by atoms with E-state index in [0.717, 1.165) is 51.6 Å². The summed E-state index contributed by atoms with van der Waals surface area (Å²) in [6.45, 7) is 12.5. The van der Waals surface area contributed by atoms with Crippen molar-refractivity contribution in [1.29, 1.82) is 0 Å². The number of carbonyl (C=O) groups is 1. The third-order valence-electron chi connectivity index (χ3n) is 5.75. The van der Waals surface area contributed by atoms with E-state index in [1.165, 1.54) is 5.56 Å². The monoisotopic (exact) mass is 419 g/mol. The predicted octanol–water partition coefficient (Wildman–Crippen LogP) is 3.70. The first-order valence-corrected chi connectivity index (χ1v) is 10.6. The van der Waals surface area contributed by atoms with Gasteiger partial charge >= 0.3 is 0 Å². The molecule has 0 bridgehead atoms. The highest BCUT2D eigenvalue weighted by Crippen LogP contribution is 2.35. The fourth-order valence-corrected chi connectivity index (χ4v) is 4.36. The number of nitrogens with one attached hydrogen (secondary N) is 1. The third-order valence-corrected chi connectivity index (χ3v) is 5.75. The van der Waals surface area contributed by atoms with Gasteiger partial charge in [0.05, 0.1) is 24.8 Å². The summed E-state index contributed by atoms with van der Waals surface area (Å²) in [5, 5.41) is 7.83. The second kappa shape index (κ2) is 8.13. The zero-order chi connectivity index (χ0) is 22.3. The molecule has 3 aromatic rings. The molecular formula is C24H29N5O2. The largest absolute Gasteiger partial charge is 0.493 e. The highest BCUT2D eigenvalue weighted by atomic mass is 16.5. The second-order valence-corrected chi connectivity index (χ2v) is 8.45. The quantitative estimate of drug-likeness (QED) is 0.697. The lowest BCUT2D eigenvalue weighted by Gasteiger charge is -2.28. The van der Waals surface area contributed by atoms with Crippen LogP contribution in [0.5, 0.6) is 5.75 Å². The van der Waals surface area contributed by atoms with Crippen LogP contribution in [0.2, 0.25) is 0 Å². The SMILES string of the molecule is Cc1cc(C)c2c(c1)C(NC(=O)Cc1c(C)nn(-c3nc(C)cc(C)n3)c1C)CCO2. The summed E-state index contributed by atoms with van der Waals surface area (Å²) in [5.74, 6) is 1.41. The Morgan fingerprint density at radius 2 is 1.81 bits per heavy atom. The average molecular weight is 420 g/mol. The standard InChI is InChI=1S/C24H29N5O2/c1-13-9-14(2)23-20(10-13)21(7-8-31-23)27-22(30)12-19-17(5)28-29(18(19)6)24-25-15(3)11-16(4)26-24/h9-11,21H,7-8,12H2,1-6H3,(H,27,30). The maximum atomic E-state index is 13.0. The van der Waals surface area contributed by atoms with Crippen molar-refractivity contribution in [2.45, 2.75) is 60.4 Å². The van der Waals surface area contributed by atoms with Gasteiger partial charge in [0.25, 0.3) is 5.95 Å². The number of fused-ring (bicyclic) bond motifs is 1. The molecule has 0 fully saturated rings. The number of nitrogens with zero attached hydrogens (tertiary/aromatic N) is 4. The molecule has 2 aromatic heterocycles. The molecule has 162 valence electrons. The van der Waals surface area contributed by atoms with Gasteiger partial charge in [0.2, 0.25) is 5.91 Å². The number of hydrogen-bond donors (Lipinski definition) is 1. The highest BCUT2D eigenvalue weighted by Gasteiger charge is 2.26. The number of aryl methyl sites for hydroxylation is 5. The molecule has 1 unspecified atom stereocenters. The summed E-state index contributed by atoms with van der Waals surface area (Å²) in [6, 6.07) is 6.10. The Labute approximate surface area is 182 Å². The van der Waals surface area contributed by atoms with Crippen molar-refractivity contribution in [3.63, 3.8) is 0 Å². The van der Waals surface area contributed by atoms with Crippen LogP contribution in [0.25, 0.3) is 5.95 Å². The molecule has 1 aliphatic rings. The van der Waals surface area contributed by atoms with Crippen LogP contribution in [0.4, 0.5) is 0 Å². The van der Waals surface area contributed by atoms with Gasteiger partial charge in [-0.3, -0.25) is 4.79 Å². The molecule has 1 aliphatic heterocycles. The summed E-state index contributed by atoms with van der Waals surface area (Å²) in [5.41, 5.74) is 7.72. The first-order chi connectivity index (χ1) is 14.7. The van der Waals surface area contributed by atoms with E-state index in [1.807, 2.05) is 40.7 Å². The fourth-order valence-electron chi connectivity index (χ4n) is 4.36. The molecule has 0 saturated heterocycles. The van der Waals surface area contributed by atoms with Crippen LogP contribution in [0.1, 0.15) is 57.5 Å². The number of carbonyl (C=O) groups excluding carboxylic acids is 1. The Hall–Kier alpha value is -3.22. The van der Waals surface area contributed by atoms with Gasteiger partial charge in [0.15, 0.2) is 0 Å². The second-order valence-electron chi connectivity index (χ2n) is 8.45. The topological polar surface area (TPSA) is 81.9 Å². The highest BCUT2D eigenvalue weighted by molar-refractivity contribution is 5.80. The molecular weight excluding hydrogens is 390 g/mol. The van der Waals surface area contributed by atoms with Gasteiger partial charge in [-0.15, -0.1) is 0 Å². The molecule has 1 amide bonds. The molecule has 7 nitrogen and oxygen atoms in total. The molecule has 1 atom stereocenters. The Kier molecular flexibility index (Phi) is 5.52. The van der Waals surface area contributed by atoms with Gasteiger partial charge in [-0.2, -0.15) is 5.10 Å². The van der Waals surface area contributed by atoms with Crippen LogP contribution < -0.4 is 10.1 Å². The molecule has 0 spiro atoms. The molecule has 3 heterocycles. The Bertz CT molecular complexity index is 1150. The van der Waals surface area contributed by atoms with Crippen molar-refractivity contribution in [1.82, 2.24) is 25.1 Å². The Morgan fingerprint density at radius 3 is 2.52 bits per heavy atom. The lowest BCUT2D eigenvalue weighted by Crippen LogP contribution is -2.33. The lowest BCUT2D eigenvalue weighted by molar-refractivity contribution is -0.121. The van der Waals surface area contributed by atoms with Gasteiger partial charge in [0, 0.05) is 34.6 Å². The van der Waals surface area contributed by atoms with E-state index in [-0.39, 0.29) is 18.4 Å². The van der Waals surface area contributed by atoms with Crippen molar-refractivity contribution in [3.8, 4) is 11.7 Å². The number of rotatable bonds is 4. The number of ether oxygens (including phenoxy) is 1. The van der Waals surface area contributed by atoms with E-state index in [9.17, 15) is 4.79 Å². The Morgan fingerprint density at radius 1 is 1.10 bits per heavy atom. The van der Waals surface area contributed by atoms with Crippen LogP contribution in [0.15, 0.2) is 18.2 Å². The van der Waals surface area contributed by atoms with E-state index in [0.29, 0.717) is 12.6 Å². The van der Waals surface area contributed by atoms with Gasteiger partial charge in [-0.25, -0.2) is 14.6 Å². The lowest BCUT2D eigenvalue weighted by atomic mass is 9.95. The molecule has 1 N–H and O–H groups in total. The third kappa shape index (κ3) is 4.17. The van der Waals surface area contributed by atoms with E-state index in [2.05, 4.69) is 39.4 Å². The van der Waals surface area contributed by atoms with Crippen LogP contribution in [0.3, 0.4) is 0 Å². The molecule has 0 aliphatic carbocycles. The summed E-state index contributed by atoms with van der Waals surface area (Å²) in [7, 11) is 0. The minimum atomic E-state index is -0.0479.